The van der Waals surface area contributed by atoms with Gasteiger partial charge >= 0.3 is 0 Å². The SMILES string of the molecule is CCCn1ncnc1COc1ccccc1C(C)O. The number of ether oxygens (including phenoxy) is 1. The molecule has 5 heteroatoms. The molecule has 102 valence electrons. The molecule has 1 heterocycles. The minimum absolute atomic E-state index is 0.351. The van der Waals surface area contributed by atoms with E-state index in [0.717, 1.165) is 24.4 Å². The van der Waals surface area contributed by atoms with Crippen LogP contribution in [0.15, 0.2) is 30.6 Å². The molecular weight excluding hydrogens is 242 g/mol. The molecule has 5 nitrogen and oxygen atoms in total. The van der Waals surface area contributed by atoms with Crippen molar-refractivity contribution in [2.75, 3.05) is 0 Å². The Morgan fingerprint density at radius 2 is 2.16 bits per heavy atom. The minimum Gasteiger partial charge on any atom is -0.485 e. The van der Waals surface area contributed by atoms with Crippen LogP contribution in [0.2, 0.25) is 0 Å². The maximum atomic E-state index is 9.69. The summed E-state index contributed by atoms with van der Waals surface area (Å²) >= 11 is 0. The van der Waals surface area contributed by atoms with E-state index in [2.05, 4.69) is 17.0 Å². The van der Waals surface area contributed by atoms with Crippen LogP contribution in [0.25, 0.3) is 0 Å². The van der Waals surface area contributed by atoms with Gasteiger partial charge in [-0.1, -0.05) is 25.1 Å². The van der Waals surface area contributed by atoms with Gasteiger partial charge < -0.3 is 9.84 Å². The molecule has 1 aromatic heterocycles. The zero-order valence-corrected chi connectivity index (χ0v) is 11.3. The van der Waals surface area contributed by atoms with Gasteiger partial charge in [-0.3, -0.25) is 0 Å². The van der Waals surface area contributed by atoms with Gasteiger partial charge in [0, 0.05) is 12.1 Å². The molecule has 0 aliphatic rings. The first kappa shape index (κ1) is 13.5. The van der Waals surface area contributed by atoms with E-state index in [4.69, 9.17) is 4.74 Å². The molecule has 0 bridgehead atoms. The van der Waals surface area contributed by atoms with Crippen molar-refractivity contribution in [1.82, 2.24) is 14.8 Å². The highest BCUT2D eigenvalue weighted by Crippen LogP contribution is 2.25. The predicted molar refractivity (Wildman–Crippen MR) is 71.7 cm³/mol. The Hall–Kier alpha value is -1.88. The van der Waals surface area contributed by atoms with Gasteiger partial charge in [0.1, 0.15) is 18.7 Å². The van der Waals surface area contributed by atoms with Crippen molar-refractivity contribution in [2.45, 2.75) is 39.5 Å². The number of benzene rings is 1. The second kappa shape index (κ2) is 6.33. The summed E-state index contributed by atoms with van der Waals surface area (Å²) in [5.41, 5.74) is 0.782. The lowest BCUT2D eigenvalue weighted by Gasteiger charge is -2.13. The van der Waals surface area contributed by atoms with Crippen molar-refractivity contribution < 1.29 is 9.84 Å². The topological polar surface area (TPSA) is 60.2 Å². The second-order valence-corrected chi connectivity index (χ2v) is 4.40. The molecule has 2 rings (SSSR count). The molecule has 2 aromatic rings. The number of aryl methyl sites for hydroxylation is 1. The average Bonchev–Trinajstić information content (AvgIpc) is 2.84. The summed E-state index contributed by atoms with van der Waals surface area (Å²) in [5.74, 6) is 1.48. The standard InChI is InChI=1S/C14H19N3O2/c1-3-8-17-14(15-10-16-17)9-19-13-7-5-4-6-12(13)11(2)18/h4-7,10-11,18H,3,8-9H2,1-2H3. The molecule has 0 radical (unpaired) electrons. The number of aliphatic hydroxyl groups is 1. The van der Waals surface area contributed by atoms with E-state index in [1.165, 1.54) is 6.33 Å². The van der Waals surface area contributed by atoms with Crippen LogP contribution in [0.5, 0.6) is 5.75 Å². The largest absolute Gasteiger partial charge is 0.485 e. The summed E-state index contributed by atoms with van der Waals surface area (Å²) in [5, 5.41) is 13.8. The van der Waals surface area contributed by atoms with E-state index in [9.17, 15) is 5.11 Å². The molecule has 1 atom stereocenters. The summed E-state index contributed by atoms with van der Waals surface area (Å²) in [6, 6.07) is 7.48. The van der Waals surface area contributed by atoms with Crippen molar-refractivity contribution in [2.24, 2.45) is 0 Å². The van der Waals surface area contributed by atoms with Gasteiger partial charge in [-0.15, -0.1) is 0 Å². The zero-order chi connectivity index (χ0) is 13.7. The van der Waals surface area contributed by atoms with E-state index >= 15 is 0 Å². The zero-order valence-electron chi connectivity index (χ0n) is 11.3. The molecule has 0 aliphatic heterocycles. The molecule has 0 spiro atoms. The first-order valence-corrected chi connectivity index (χ1v) is 6.48. The maximum absolute atomic E-state index is 9.69. The van der Waals surface area contributed by atoms with Crippen LogP contribution in [-0.4, -0.2) is 19.9 Å². The van der Waals surface area contributed by atoms with Gasteiger partial charge in [0.05, 0.1) is 6.10 Å². The van der Waals surface area contributed by atoms with Gasteiger partial charge in [-0.25, -0.2) is 9.67 Å². The first-order valence-electron chi connectivity index (χ1n) is 6.48. The smallest absolute Gasteiger partial charge is 0.164 e. The average molecular weight is 261 g/mol. The Morgan fingerprint density at radius 3 is 2.89 bits per heavy atom. The lowest BCUT2D eigenvalue weighted by molar-refractivity contribution is 0.189. The van der Waals surface area contributed by atoms with Crippen molar-refractivity contribution in [1.29, 1.82) is 0 Å². The lowest BCUT2D eigenvalue weighted by atomic mass is 10.1. The summed E-state index contributed by atoms with van der Waals surface area (Å²) in [6.07, 6.45) is 1.99. The number of aromatic nitrogens is 3. The van der Waals surface area contributed by atoms with E-state index in [1.807, 2.05) is 28.9 Å². The van der Waals surface area contributed by atoms with Gasteiger partial charge in [0.15, 0.2) is 5.82 Å². The molecule has 0 aliphatic carbocycles. The molecule has 0 saturated heterocycles. The van der Waals surface area contributed by atoms with Crippen molar-refractivity contribution in [3.8, 4) is 5.75 Å². The molecule has 19 heavy (non-hydrogen) atoms. The molecule has 0 fully saturated rings. The number of para-hydroxylation sites is 1. The highest BCUT2D eigenvalue weighted by molar-refractivity contribution is 5.34. The maximum Gasteiger partial charge on any atom is 0.164 e. The fourth-order valence-corrected chi connectivity index (χ4v) is 1.90. The van der Waals surface area contributed by atoms with E-state index in [0.29, 0.717) is 12.4 Å². The Kier molecular flexibility index (Phi) is 4.52. The number of rotatable bonds is 6. The van der Waals surface area contributed by atoms with E-state index < -0.39 is 6.10 Å². The Labute approximate surface area is 112 Å². The van der Waals surface area contributed by atoms with E-state index in [-0.39, 0.29) is 0 Å². The summed E-state index contributed by atoms with van der Waals surface area (Å²) in [7, 11) is 0. The molecule has 1 N–H and O–H groups in total. The molecule has 0 saturated carbocycles. The summed E-state index contributed by atoms with van der Waals surface area (Å²) in [6.45, 7) is 5.00. The number of hydrogen-bond donors (Lipinski definition) is 1. The highest BCUT2D eigenvalue weighted by atomic mass is 16.5. The highest BCUT2D eigenvalue weighted by Gasteiger charge is 2.10. The van der Waals surface area contributed by atoms with E-state index in [1.54, 1.807) is 6.92 Å². The third-order valence-electron chi connectivity index (χ3n) is 2.86. The Balaban J connectivity index is 2.08. The molecule has 0 amide bonds. The number of aliphatic hydroxyl groups excluding tert-OH is 1. The summed E-state index contributed by atoms with van der Waals surface area (Å²) < 4.78 is 7.58. The first-order chi connectivity index (χ1) is 9.22. The fraction of sp³-hybridized carbons (Fsp3) is 0.429. The van der Waals surface area contributed by atoms with Crippen LogP contribution < -0.4 is 4.74 Å². The monoisotopic (exact) mass is 261 g/mol. The van der Waals surface area contributed by atoms with Crippen LogP contribution in [0.3, 0.4) is 0 Å². The van der Waals surface area contributed by atoms with Crippen molar-refractivity contribution >= 4 is 0 Å². The molecular formula is C14H19N3O2. The fourth-order valence-electron chi connectivity index (χ4n) is 1.90. The molecule has 1 aromatic carbocycles. The lowest BCUT2D eigenvalue weighted by Crippen LogP contribution is -2.09. The number of nitrogens with zero attached hydrogens (tertiary/aromatic N) is 3. The van der Waals surface area contributed by atoms with Crippen LogP contribution in [-0.2, 0) is 13.2 Å². The van der Waals surface area contributed by atoms with Crippen LogP contribution >= 0.6 is 0 Å². The van der Waals surface area contributed by atoms with Gasteiger partial charge in [0.25, 0.3) is 0 Å². The second-order valence-electron chi connectivity index (χ2n) is 4.40. The Morgan fingerprint density at radius 1 is 1.37 bits per heavy atom. The van der Waals surface area contributed by atoms with Crippen LogP contribution in [0.1, 0.15) is 37.8 Å². The number of hydrogen-bond acceptors (Lipinski definition) is 4. The predicted octanol–water partition coefficient (Wildman–Crippen LogP) is 2.32. The summed E-state index contributed by atoms with van der Waals surface area (Å²) in [4.78, 5) is 4.19. The molecule has 1 unspecified atom stereocenters. The minimum atomic E-state index is -0.551. The third kappa shape index (κ3) is 3.32. The Bertz CT molecular complexity index is 523. The quantitative estimate of drug-likeness (QED) is 0.867. The van der Waals surface area contributed by atoms with Gasteiger partial charge in [-0.05, 0) is 19.4 Å². The third-order valence-corrected chi connectivity index (χ3v) is 2.86. The van der Waals surface area contributed by atoms with Crippen molar-refractivity contribution in [3.63, 3.8) is 0 Å². The normalized spacial score (nSPS) is 12.4. The van der Waals surface area contributed by atoms with Crippen molar-refractivity contribution in [3.05, 3.63) is 42.0 Å². The van der Waals surface area contributed by atoms with Crippen LogP contribution in [0.4, 0.5) is 0 Å². The van der Waals surface area contributed by atoms with Gasteiger partial charge in [-0.2, -0.15) is 5.10 Å². The van der Waals surface area contributed by atoms with Gasteiger partial charge in [0.2, 0.25) is 0 Å². The van der Waals surface area contributed by atoms with Crippen LogP contribution in [0, 0.1) is 0 Å².